The van der Waals surface area contributed by atoms with E-state index < -0.39 is 15.3 Å². The third-order valence-corrected chi connectivity index (χ3v) is 7.18. The number of furan rings is 1. The summed E-state index contributed by atoms with van der Waals surface area (Å²) in [5.41, 5.74) is 0. The van der Waals surface area contributed by atoms with Crippen LogP contribution in [0.5, 0.6) is 0 Å². The fourth-order valence-corrected chi connectivity index (χ4v) is 5.78. The van der Waals surface area contributed by atoms with Gasteiger partial charge in [-0.05, 0) is 44.7 Å². The lowest BCUT2D eigenvalue weighted by atomic mass is 10.1. The molecule has 0 spiro atoms. The van der Waals surface area contributed by atoms with E-state index in [2.05, 4.69) is 0 Å². The van der Waals surface area contributed by atoms with Gasteiger partial charge in [-0.25, -0.2) is 8.42 Å². The van der Waals surface area contributed by atoms with Gasteiger partial charge in [0.2, 0.25) is 15.9 Å². The van der Waals surface area contributed by atoms with Gasteiger partial charge in [0.05, 0.1) is 11.3 Å². The molecule has 2 aliphatic rings. The number of rotatable bonds is 3. The van der Waals surface area contributed by atoms with Crippen molar-refractivity contribution in [3.8, 4) is 0 Å². The molecule has 1 aromatic heterocycles. The first-order chi connectivity index (χ1) is 10.9. The lowest BCUT2D eigenvalue weighted by Gasteiger charge is -2.35. The largest absolute Gasteiger partial charge is 0.465 e. The third-order valence-electron chi connectivity index (χ3n) is 4.86. The van der Waals surface area contributed by atoms with Crippen LogP contribution >= 0.6 is 0 Å². The summed E-state index contributed by atoms with van der Waals surface area (Å²) in [5.74, 6) is 1.47. The van der Waals surface area contributed by atoms with Gasteiger partial charge in [-0.1, -0.05) is 0 Å². The molecule has 0 aromatic carbocycles. The molecule has 7 heteroatoms. The Hall–Kier alpha value is -1.34. The maximum absolute atomic E-state index is 13.1. The number of nitrogens with zero attached hydrogens (tertiary/aromatic N) is 2. The smallest absolute Gasteiger partial charge is 0.219 e. The molecule has 23 heavy (non-hydrogen) atoms. The minimum Gasteiger partial charge on any atom is -0.465 e. The van der Waals surface area contributed by atoms with Crippen LogP contribution in [-0.2, 0) is 14.8 Å². The van der Waals surface area contributed by atoms with Gasteiger partial charge in [-0.15, -0.1) is 0 Å². The number of carbonyl (C=O) groups excluding carboxylic acids is 1. The standard InChI is InChI=1S/C16H24N2O4S/c1-12-7-8-16(22-12)15-6-4-10-18(15)23(20,21)14-5-3-9-17(11-14)13(2)19/h7-8,14-15H,3-6,9-11H2,1-2H3/t14-,15+/m0/s1. The molecule has 0 radical (unpaired) electrons. The molecular weight excluding hydrogens is 316 g/mol. The molecule has 1 amide bonds. The fraction of sp³-hybridized carbons (Fsp3) is 0.688. The van der Waals surface area contributed by atoms with Crippen molar-refractivity contribution in [1.82, 2.24) is 9.21 Å². The number of sulfonamides is 1. The van der Waals surface area contributed by atoms with Crippen LogP contribution in [0.1, 0.15) is 50.2 Å². The van der Waals surface area contributed by atoms with Crippen molar-refractivity contribution in [2.45, 2.75) is 50.8 Å². The van der Waals surface area contributed by atoms with Crippen LogP contribution < -0.4 is 0 Å². The van der Waals surface area contributed by atoms with Crippen LogP contribution in [0.25, 0.3) is 0 Å². The van der Waals surface area contributed by atoms with Crippen LogP contribution in [0, 0.1) is 6.92 Å². The summed E-state index contributed by atoms with van der Waals surface area (Å²) in [5, 5.41) is -0.503. The van der Waals surface area contributed by atoms with E-state index in [1.807, 2.05) is 19.1 Å². The monoisotopic (exact) mass is 340 g/mol. The molecule has 6 nitrogen and oxygen atoms in total. The Kier molecular flexibility index (Phi) is 4.51. The van der Waals surface area contributed by atoms with Crippen molar-refractivity contribution in [3.05, 3.63) is 23.7 Å². The second kappa shape index (κ2) is 6.28. The lowest BCUT2D eigenvalue weighted by molar-refractivity contribution is -0.129. The number of hydrogen-bond donors (Lipinski definition) is 0. The van der Waals surface area contributed by atoms with Gasteiger partial charge in [-0.3, -0.25) is 4.79 Å². The second-order valence-electron chi connectivity index (χ2n) is 6.49. The molecule has 3 heterocycles. The van der Waals surface area contributed by atoms with Crippen LogP contribution in [0.4, 0.5) is 0 Å². The fourth-order valence-electron chi connectivity index (χ4n) is 3.62. The molecule has 0 unspecified atom stereocenters. The van der Waals surface area contributed by atoms with E-state index in [1.54, 1.807) is 9.21 Å². The molecule has 3 rings (SSSR count). The summed E-state index contributed by atoms with van der Waals surface area (Å²) in [4.78, 5) is 13.2. The van der Waals surface area contributed by atoms with Crippen molar-refractivity contribution in [2.24, 2.45) is 0 Å². The number of carbonyl (C=O) groups is 1. The van der Waals surface area contributed by atoms with Gasteiger partial charge >= 0.3 is 0 Å². The van der Waals surface area contributed by atoms with Gasteiger partial charge in [0.1, 0.15) is 11.5 Å². The van der Waals surface area contributed by atoms with Crippen molar-refractivity contribution in [2.75, 3.05) is 19.6 Å². The van der Waals surface area contributed by atoms with Gasteiger partial charge in [0.25, 0.3) is 0 Å². The number of likely N-dealkylation sites (tertiary alicyclic amines) is 1. The number of aryl methyl sites for hydroxylation is 1. The minimum absolute atomic E-state index is 0.0514. The highest BCUT2D eigenvalue weighted by molar-refractivity contribution is 7.89. The maximum atomic E-state index is 13.1. The molecule has 0 N–H and O–H groups in total. The average Bonchev–Trinajstić information content (AvgIpc) is 3.16. The van der Waals surface area contributed by atoms with Gasteiger partial charge in [0, 0.05) is 26.6 Å². The third kappa shape index (κ3) is 3.17. The molecule has 0 saturated carbocycles. The molecule has 2 fully saturated rings. The first kappa shape index (κ1) is 16.5. The van der Waals surface area contributed by atoms with Crippen molar-refractivity contribution >= 4 is 15.9 Å². The Bertz CT molecular complexity index is 682. The normalized spacial score (nSPS) is 26.6. The van der Waals surface area contributed by atoms with Crippen LogP contribution in [0.2, 0.25) is 0 Å². The van der Waals surface area contributed by atoms with Crippen LogP contribution in [-0.4, -0.2) is 48.4 Å². The zero-order valence-electron chi connectivity index (χ0n) is 13.7. The molecule has 1 aromatic rings. The highest BCUT2D eigenvalue weighted by Crippen LogP contribution is 2.37. The predicted octanol–water partition coefficient (Wildman–Crippen LogP) is 2.07. The predicted molar refractivity (Wildman–Crippen MR) is 86.3 cm³/mol. The SMILES string of the molecule is CC(=O)N1CCC[C@H](S(=O)(=O)N2CCC[C@@H]2c2ccc(C)o2)C1. The highest BCUT2D eigenvalue weighted by atomic mass is 32.2. The summed E-state index contributed by atoms with van der Waals surface area (Å²) in [6.07, 6.45) is 2.98. The number of hydrogen-bond acceptors (Lipinski definition) is 4. The topological polar surface area (TPSA) is 70.8 Å². The van der Waals surface area contributed by atoms with Crippen molar-refractivity contribution < 1.29 is 17.6 Å². The molecule has 2 aliphatic heterocycles. The highest BCUT2D eigenvalue weighted by Gasteiger charge is 2.42. The van der Waals surface area contributed by atoms with E-state index in [0.717, 1.165) is 30.8 Å². The molecule has 2 saturated heterocycles. The van der Waals surface area contributed by atoms with Gasteiger partial charge < -0.3 is 9.32 Å². The molecular formula is C16H24N2O4S. The zero-order valence-corrected chi connectivity index (χ0v) is 14.5. The van der Waals surface area contributed by atoms with Crippen molar-refractivity contribution in [1.29, 1.82) is 0 Å². The molecule has 0 bridgehead atoms. The Labute approximate surface area is 137 Å². The van der Waals surface area contributed by atoms with Crippen LogP contribution in [0.3, 0.4) is 0 Å². The summed E-state index contributed by atoms with van der Waals surface area (Å²) in [6.45, 7) is 4.85. The Morgan fingerprint density at radius 2 is 1.96 bits per heavy atom. The first-order valence-corrected chi connectivity index (χ1v) is 9.72. The lowest BCUT2D eigenvalue weighted by Crippen LogP contribution is -2.48. The Balaban J connectivity index is 1.82. The van der Waals surface area contributed by atoms with Gasteiger partial charge in [0.15, 0.2) is 0 Å². The quantitative estimate of drug-likeness (QED) is 0.844. The minimum atomic E-state index is -3.44. The van der Waals surface area contributed by atoms with E-state index in [9.17, 15) is 13.2 Å². The number of piperidine rings is 1. The molecule has 128 valence electrons. The first-order valence-electron chi connectivity index (χ1n) is 8.22. The maximum Gasteiger partial charge on any atom is 0.219 e. The molecule has 2 atom stereocenters. The Morgan fingerprint density at radius 1 is 1.22 bits per heavy atom. The summed E-state index contributed by atoms with van der Waals surface area (Å²) in [6, 6.07) is 3.54. The number of amides is 1. The zero-order chi connectivity index (χ0) is 16.6. The van der Waals surface area contributed by atoms with E-state index in [4.69, 9.17) is 4.42 Å². The van der Waals surface area contributed by atoms with Gasteiger partial charge in [-0.2, -0.15) is 4.31 Å². The van der Waals surface area contributed by atoms with E-state index in [0.29, 0.717) is 26.1 Å². The second-order valence-corrected chi connectivity index (χ2v) is 8.66. The average molecular weight is 340 g/mol. The van der Waals surface area contributed by atoms with E-state index in [1.165, 1.54) is 6.92 Å². The Morgan fingerprint density at radius 3 is 2.61 bits per heavy atom. The van der Waals surface area contributed by atoms with E-state index >= 15 is 0 Å². The summed E-state index contributed by atoms with van der Waals surface area (Å²) >= 11 is 0. The van der Waals surface area contributed by atoms with Crippen LogP contribution in [0.15, 0.2) is 16.5 Å². The molecule has 0 aliphatic carbocycles. The summed E-state index contributed by atoms with van der Waals surface area (Å²) < 4.78 is 33.5. The van der Waals surface area contributed by atoms with E-state index in [-0.39, 0.29) is 11.9 Å². The van der Waals surface area contributed by atoms with Crippen molar-refractivity contribution in [3.63, 3.8) is 0 Å². The summed E-state index contributed by atoms with van der Waals surface area (Å²) in [7, 11) is -3.44.